The molecule has 0 spiro atoms. The first-order valence-electron chi connectivity index (χ1n) is 8.92. The molecule has 0 aliphatic rings. The summed E-state index contributed by atoms with van der Waals surface area (Å²) in [5.41, 5.74) is 2.65. The van der Waals surface area contributed by atoms with E-state index in [2.05, 4.69) is 9.97 Å². The number of hydrogen-bond acceptors (Lipinski definition) is 5. The SMILES string of the molecule is COc1ccc(CC(=O)N(Cc2ccccn2)c2nc3ccccc3s2)cc1. The largest absolute Gasteiger partial charge is 0.497 e. The average molecular weight is 389 g/mol. The molecule has 5 nitrogen and oxygen atoms in total. The van der Waals surface area contributed by atoms with Gasteiger partial charge in [-0.25, -0.2) is 4.98 Å². The van der Waals surface area contributed by atoms with E-state index in [1.807, 2.05) is 66.7 Å². The molecule has 2 aromatic carbocycles. The van der Waals surface area contributed by atoms with Gasteiger partial charge in [0.05, 0.1) is 36.0 Å². The topological polar surface area (TPSA) is 55.3 Å². The van der Waals surface area contributed by atoms with E-state index in [4.69, 9.17) is 4.74 Å². The number of carbonyl (C=O) groups is 1. The summed E-state index contributed by atoms with van der Waals surface area (Å²) in [7, 11) is 1.63. The van der Waals surface area contributed by atoms with Gasteiger partial charge in [0.15, 0.2) is 5.13 Å². The number of amides is 1. The first-order chi connectivity index (χ1) is 13.7. The smallest absolute Gasteiger partial charge is 0.233 e. The Morgan fingerprint density at radius 1 is 1.04 bits per heavy atom. The number of carbonyl (C=O) groups excluding carboxylic acids is 1. The van der Waals surface area contributed by atoms with E-state index in [0.29, 0.717) is 11.7 Å². The van der Waals surface area contributed by atoms with Crippen LogP contribution in [0.1, 0.15) is 11.3 Å². The Bertz CT molecular complexity index is 1040. The van der Waals surface area contributed by atoms with E-state index in [0.717, 1.165) is 27.2 Å². The Morgan fingerprint density at radius 3 is 2.54 bits per heavy atom. The molecular weight excluding hydrogens is 370 g/mol. The summed E-state index contributed by atoms with van der Waals surface area (Å²) < 4.78 is 6.25. The molecule has 2 aromatic heterocycles. The standard InChI is InChI=1S/C22H19N3O2S/c1-27-18-11-9-16(10-12-18)14-21(26)25(15-17-6-4-5-13-23-17)22-24-19-7-2-3-8-20(19)28-22/h2-13H,14-15H2,1H3. The molecule has 0 aliphatic carbocycles. The van der Waals surface area contributed by atoms with Gasteiger partial charge in [-0.05, 0) is 42.0 Å². The molecule has 0 unspecified atom stereocenters. The summed E-state index contributed by atoms with van der Waals surface area (Å²) >= 11 is 1.52. The van der Waals surface area contributed by atoms with Crippen LogP contribution in [0, 0.1) is 0 Å². The van der Waals surface area contributed by atoms with Crippen molar-refractivity contribution in [1.82, 2.24) is 9.97 Å². The lowest BCUT2D eigenvalue weighted by Crippen LogP contribution is -2.32. The molecule has 140 valence electrons. The van der Waals surface area contributed by atoms with Crippen molar-refractivity contribution in [1.29, 1.82) is 0 Å². The summed E-state index contributed by atoms with van der Waals surface area (Å²) in [4.78, 5) is 24.0. The minimum Gasteiger partial charge on any atom is -0.497 e. The molecule has 1 amide bonds. The Morgan fingerprint density at radius 2 is 1.82 bits per heavy atom. The number of methoxy groups -OCH3 is 1. The maximum absolute atomic E-state index is 13.2. The van der Waals surface area contributed by atoms with Crippen LogP contribution in [0.4, 0.5) is 5.13 Å². The van der Waals surface area contributed by atoms with Crippen molar-refractivity contribution in [2.45, 2.75) is 13.0 Å². The van der Waals surface area contributed by atoms with Crippen LogP contribution in [0.25, 0.3) is 10.2 Å². The quantitative estimate of drug-likeness (QED) is 0.488. The average Bonchev–Trinajstić information content (AvgIpc) is 3.17. The van der Waals surface area contributed by atoms with Gasteiger partial charge in [0.1, 0.15) is 5.75 Å². The monoisotopic (exact) mass is 389 g/mol. The fraction of sp³-hybridized carbons (Fsp3) is 0.136. The number of fused-ring (bicyclic) bond motifs is 1. The van der Waals surface area contributed by atoms with E-state index in [-0.39, 0.29) is 12.3 Å². The van der Waals surface area contributed by atoms with Crippen molar-refractivity contribution < 1.29 is 9.53 Å². The molecule has 4 rings (SSSR count). The highest BCUT2D eigenvalue weighted by Crippen LogP contribution is 2.30. The van der Waals surface area contributed by atoms with E-state index in [1.54, 1.807) is 18.2 Å². The number of anilines is 1. The molecule has 0 fully saturated rings. The van der Waals surface area contributed by atoms with Gasteiger partial charge in [-0.1, -0.05) is 41.7 Å². The minimum absolute atomic E-state index is 0.0186. The van der Waals surface area contributed by atoms with E-state index in [1.165, 1.54) is 11.3 Å². The van der Waals surface area contributed by atoms with E-state index >= 15 is 0 Å². The maximum atomic E-state index is 13.2. The van der Waals surface area contributed by atoms with Crippen LogP contribution in [0.2, 0.25) is 0 Å². The number of nitrogens with zero attached hydrogens (tertiary/aromatic N) is 3. The zero-order valence-electron chi connectivity index (χ0n) is 15.4. The summed E-state index contributed by atoms with van der Waals surface area (Å²) in [5, 5.41) is 0.686. The number of pyridine rings is 1. The molecule has 0 N–H and O–H groups in total. The van der Waals surface area contributed by atoms with Crippen LogP contribution < -0.4 is 9.64 Å². The van der Waals surface area contributed by atoms with Crippen LogP contribution in [0.15, 0.2) is 72.9 Å². The van der Waals surface area contributed by atoms with Crippen molar-refractivity contribution in [2.75, 3.05) is 12.0 Å². The zero-order chi connectivity index (χ0) is 19.3. The van der Waals surface area contributed by atoms with Crippen LogP contribution in [0.3, 0.4) is 0 Å². The van der Waals surface area contributed by atoms with Crippen LogP contribution in [-0.2, 0) is 17.8 Å². The van der Waals surface area contributed by atoms with Crippen molar-refractivity contribution in [3.63, 3.8) is 0 Å². The first kappa shape index (κ1) is 18.1. The van der Waals surface area contributed by atoms with Gasteiger partial charge in [-0.2, -0.15) is 0 Å². The zero-order valence-corrected chi connectivity index (χ0v) is 16.2. The molecule has 2 heterocycles. The lowest BCUT2D eigenvalue weighted by Gasteiger charge is -2.19. The lowest BCUT2D eigenvalue weighted by atomic mass is 10.1. The summed E-state index contributed by atoms with van der Waals surface area (Å²) in [6, 6.07) is 21.2. The van der Waals surface area contributed by atoms with Crippen LogP contribution in [-0.4, -0.2) is 23.0 Å². The van der Waals surface area contributed by atoms with Gasteiger partial charge in [0.25, 0.3) is 0 Å². The number of aromatic nitrogens is 2. The molecule has 28 heavy (non-hydrogen) atoms. The molecular formula is C22H19N3O2S. The Hall–Kier alpha value is -3.25. The van der Waals surface area contributed by atoms with E-state index in [9.17, 15) is 4.79 Å². The molecule has 0 aliphatic heterocycles. The second-order valence-electron chi connectivity index (χ2n) is 6.29. The summed E-state index contributed by atoms with van der Waals surface area (Å²) in [5.74, 6) is 0.752. The van der Waals surface area contributed by atoms with E-state index < -0.39 is 0 Å². The number of ether oxygens (including phenoxy) is 1. The highest BCUT2D eigenvalue weighted by molar-refractivity contribution is 7.22. The van der Waals surface area contributed by atoms with Gasteiger partial charge in [0, 0.05) is 6.20 Å². The first-order valence-corrected chi connectivity index (χ1v) is 9.73. The third kappa shape index (κ3) is 4.02. The lowest BCUT2D eigenvalue weighted by molar-refractivity contribution is -0.118. The van der Waals surface area contributed by atoms with Crippen LogP contribution >= 0.6 is 11.3 Å². The Balaban J connectivity index is 1.64. The fourth-order valence-corrected chi connectivity index (χ4v) is 3.89. The number of hydrogen-bond donors (Lipinski definition) is 0. The van der Waals surface area contributed by atoms with Gasteiger partial charge >= 0.3 is 0 Å². The summed E-state index contributed by atoms with van der Waals surface area (Å²) in [6.07, 6.45) is 2.02. The molecule has 0 bridgehead atoms. The van der Waals surface area contributed by atoms with Crippen LogP contribution in [0.5, 0.6) is 5.75 Å². The predicted molar refractivity (Wildman–Crippen MR) is 112 cm³/mol. The molecule has 0 radical (unpaired) electrons. The third-order valence-corrected chi connectivity index (χ3v) is 5.43. The Kier molecular flexibility index (Phi) is 5.30. The molecule has 0 saturated carbocycles. The normalized spacial score (nSPS) is 10.8. The number of benzene rings is 2. The molecule has 4 aromatic rings. The second-order valence-corrected chi connectivity index (χ2v) is 7.30. The maximum Gasteiger partial charge on any atom is 0.233 e. The van der Waals surface area contributed by atoms with Gasteiger partial charge < -0.3 is 4.74 Å². The van der Waals surface area contributed by atoms with Crippen molar-refractivity contribution in [2.24, 2.45) is 0 Å². The number of rotatable bonds is 6. The summed E-state index contributed by atoms with van der Waals surface area (Å²) in [6.45, 7) is 0.385. The van der Waals surface area contributed by atoms with Crippen molar-refractivity contribution in [3.8, 4) is 5.75 Å². The highest BCUT2D eigenvalue weighted by Gasteiger charge is 2.21. The number of para-hydroxylation sites is 1. The van der Waals surface area contributed by atoms with Gasteiger partial charge in [0.2, 0.25) is 5.91 Å². The van der Waals surface area contributed by atoms with Gasteiger partial charge in [-0.3, -0.25) is 14.7 Å². The molecule has 0 saturated heterocycles. The highest BCUT2D eigenvalue weighted by atomic mass is 32.1. The van der Waals surface area contributed by atoms with Crippen molar-refractivity contribution >= 4 is 32.6 Å². The predicted octanol–water partition coefficient (Wildman–Crippen LogP) is 4.48. The Labute approximate surface area is 167 Å². The fourth-order valence-electron chi connectivity index (χ4n) is 2.91. The minimum atomic E-state index is -0.0186. The molecule has 0 atom stereocenters. The number of thiazole rings is 1. The third-order valence-electron chi connectivity index (χ3n) is 4.38. The van der Waals surface area contributed by atoms with Crippen molar-refractivity contribution in [3.05, 3.63) is 84.2 Å². The molecule has 6 heteroatoms. The van der Waals surface area contributed by atoms with Gasteiger partial charge in [-0.15, -0.1) is 0 Å². The second kappa shape index (κ2) is 8.19.